The Hall–Kier alpha value is -1.75. The number of rotatable bonds is 7. The molecule has 0 fully saturated rings. The van der Waals surface area contributed by atoms with E-state index in [1.54, 1.807) is 18.2 Å². The van der Waals surface area contributed by atoms with Crippen molar-refractivity contribution >= 4 is 11.6 Å². The molecule has 0 saturated carbocycles. The van der Waals surface area contributed by atoms with E-state index in [9.17, 15) is 4.79 Å². The molecule has 1 aromatic carbocycles. The second kappa shape index (κ2) is 6.75. The van der Waals surface area contributed by atoms with Crippen molar-refractivity contribution in [1.29, 1.82) is 0 Å². The highest BCUT2D eigenvalue weighted by Gasteiger charge is 2.11. The predicted molar refractivity (Wildman–Crippen MR) is 66.0 cm³/mol. The summed E-state index contributed by atoms with van der Waals surface area (Å²) in [7, 11) is 0. The summed E-state index contributed by atoms with van der Waals surface area (Å²) in [6.07, 6.45) is 0.958. The van der Waals surface area contributed by atoms with Crippen LogP contribution in [0.2, 0.25) is 0 Å². The molecule has 5 nitrogen and oxygen atoms in total. The topological polar surface area (TPSA) is 87.6 Å². The van der Waals surface area contributed by atoms with E-state index in [4.69, 9.17) is 20.9 Å². The zero-order valence-electron chi connectivity index (χ0n) is 9.94. The van der Waals surface area contributed by atoms with Gasteiger partial charge in [0.1, 0.15) is 6.61 Å². The Balaban J connectivity index is 2.60. The zero-order chi connectivity index (χ0) is 12.7. The van der Waals surface area contributed by atoms with Crippen LogP contribution in [0.4, 0.5) is 5.69 Å². The molecular formula is C12H18N2O3. The Kier molecular flexibility index (Phi) is 5.29. The number of hydrogen-bond acceptors (Lipinski definition) is 4. The minimum absolute atomic E-state index is 0.292. The summed E-state index contributed by atoms with van der Waals surface area (Å²) in [4.78, 5) is 11.2. The molecule has 1 rings (SSSR count). The maximum Gasteiger partial charge on any atom is 0.252 e. The Morgan fingerprint density at radius 2 is 2.06 bits per heavy atom. The number of nitrogen functional groups attached to an aromatic ring is 1. The van der Waals surface area contributed by atoms with Gasteiger partial charge in [-0.3, -0.25) is 4.79 Å². The molecule has 1 amide bonds. The minimum atomic E-state index is -0.554. The first-order chi connectivity index (χ1) is 8.16. The first-order valence-electron chi connectivity index (χ1n) is 5.55. The Morgan fingerprint density at radius 1 is 1.29 bits per heavy atom. The fourth-order valence-electron chi connectivity index (χ4n) is 1.36. The van der Waals surface area contributed by atoms with Gasteiger partial charge in [0.05, 0.1) is 17.9 Å². The molecule has 0 atom stereocenters. The van der Waals surface area contributed by atoms with E-state index in [2.05, 4.69) is 0 Å². The number of nitrogens with two attached hydrogens (primary N) is 2. The molecule has 0 bridgehead atoms. The van der Waals surface area contributed by atoms with Gasteiger partial charge in [-0.25, -0.2) is 0 Å². The summed E-state index contributed by atoms with van der Waals surface area (Å²) < 4.78 is 10.7. The quantitative estimate of drug-likeness (QED) is 0.551. The third kappa shape index (κ3) is 3.96. The molecule has 0 spiro atoms. The van der Waals surface area contributed by atoms with Crippen LogP contribution in [0.5, 0.6) is 5.75 Å². The number of carbonyl (C=O) groups excluding carboxylic acids is 1. The molecule has 0 heterocycles. The molecular weight excluding hydrogens is 220 g/mol. The van der Waals surface area contributed by atoms with Crippen molar-refractivity contribution in [3.63, 3.8) is 0 Å². The largest absolute Gasteiger partial charge is 0.488 e. The number of para-hydroxylation sites is 1. The van der Waals surface area contributed by atoms with Crippen LogP contribution in [-0.2, 0) is 4.74 Å². The summed E-state index contributed by atoms with van der Waals surface area (Å²) in [6, 6.07) is 4.91. The van der Waals surface area contributed by atoms with Gasteiger partial charge in [-0.15, -0.1) is 0 Å². The fourth-order valence-corrected chi connectivity index (χ4v) is 1.36. The van der Waals surface area contributed by atoms with Gasteiger partial charge in [0.2, 0.25) is 0 Å². The van der Waals surface area contributed by atoms with Gasteiger partial charge in [0.15, 0.2) is 5.75 Å². The fraction of sp³-hybridized carbons (Fsp3) is 0.417. The summed E-state index contributed by atoms with van der Waals surface area (Å²) in [5.74, 6) is -0.220. The van der Waals surface area contributed by atoms with E-state index in [1.807, 2.05) is 6.92 Å². The normalized spacial score (nSPS) is 10.2. The van der Waals surface area contributed by atoms with Crippen molar-refractivity contribution in [2.45, 2.75) is 13.3 Å². The first kappa shape index (κ1) is 13.3. The molecule has 0 saturated heterocycles. The lowest BCUT2D eigenvalue weighted by Crippen LogP contribution is -2.16. The number of primary amides is 1. The molecule has 0 aliphatic rings. The number of carbonyl (C=O) groups is 1. The highest BCUT2D eigenvalue weighted by atomic mass is 16.5. The van der Waals surface area contributed by atoms with Gasteiger partial charge in [0, 0.05) is 6.61 Å². The lowest BCUT2D eigenvalue weighted by atomic mass is 10.1. The summed E-state index contributed by atoms with van der Waals surface area (Å²) in [6.45, 7) is 3.52. The standard InChI is InChI=1S/C12H18N2O3/c1-2-6-16-7-8-17-11-9(12(14)15)4-3-5-10(11)13/h3-5H,2,6-8,13H2,1H3,(H2,14,15). The second-order valence-corrected chi connectivity index (χ2v) is 3.55. The molecule has 0 aliphatic heterocycles. The lowest BCUT2D eigenvalue weighted by molar-refractivity contribution is 0.0957. The van der Waals surface area contributed by atoms with Crippen LogP contribution in [0.1, 0.15) is 23.7 Å². The zero-order valence-corrected chi connectivity index (χ0v) is 9.94. The molecule has 0 aliphatic carbocycles. The van der Waals surface area contributed by atoms with E-state index in [0.29, 0.717) is 36.8 Å². The van der Waals surface area contributed by atoms with Gasteiger partial charge in [-0.1, -0.05) is 13.0 Å². The van der Waals surface area contributed by atoms with E-state index < -0.39 is 5.91 Å². The minimum Gasteiger partial charge on any atom is -0.488 e. The monoisotopic (exact) mass is 238 g/mol. The van der Waals surface area contributed by atoms with Crippen molar-refractivity contribution in [2.24, 2.45) is 5.73 Å². The molecule has 94 valence electrons. The number of anilines is 1. The van der Waals surface area contributed by atoms with Gasteiger partial charge in [0.25, 0.3) is 5.91 Å². The van der Waals surface area contributed by atoms with Crippen molar-refractivity contribution < 1.29 is 14.3 Å². The van der Waals surface area contributed by atoms with Gasteiger partial charge < -0.3 is 20.9 Å². The first-order valence-corrected chi connectivity index (χ1v) is 5.55. The smallest absolute Gasteiger partial charge is 0.252 e. The average molecular weight is 238 g/mol. The summed E-state index contributed by atoms with van der Waals surface area (Å²) >= 11 is 0. The number of amides is 1. The Bertz CT molecular complexity index is 380. The van der Waals surface area contributed by atoms with Gasteiger partial charge >= 0.3 is 0 Å². The van der Waals surface area contributed by atoms with Crippen molar-refractivity contribution in [3.8, 4) is 5.75 Å². The highest BCUT2D eigenvalue weighted by Crippen LogP contribution is 2.25. The molecule has 4 N–H and O–H groups in total. The second-order valence-electron chi connectivity index (χ2n) is 3.55. The maximum atomic E-state index is 11.2. The molecule has 5 heteroatoms. The van der Waals surface area contributed by atoms with Gasteiger partial charge in [-0.2, -0.15) is 0 Å². The summed E-state index contributed by atoms with van der Waals surface area (Å²) in [5, 5.41) is 0. The van der Waals surface area contributed by atoms with E-state index >= 15 is 0 Å². The van der Waals surface area contributed by atoms with Crippen LogP contribution < -0.4 is 16.2 Å². The average Bonchev–Trinajstić information content (AvgIpc) is 2.30. The lowest BCUT2D eigenvalue weighted by Gasteiger charge is -2.11. The Labute approximate surface area is 101 Å². The number of ether oxygens (including phenoxy) is 2. The Morgan fingerprint density at radius 3 is 2.71 bits per heavy atom. The summed E-state index contributed by atoms with van der Waals surface area (Å²) in [5.41, 5.74) is 11.6. The van der Waals surface area contributed by atoms with Crippen LogP contribution in [0.3, 0.4) is 0 Å². The van der Waals surface area contributed by atoms with Crippen molar-refractivity contribution in [1.82, 2.24) is 0 Å². The molecule has 0 radical (unpaired) electrons. The van der Waals surface area contributed by atoms with Crippen LogP contribution >= 0.6 is 0 Å². The predicted octanol–water partition coefficient (Wildman–Crippen LogP) is 1.17. The van der Waals surface area contributed by atoms with Crippen molar-refractivity contribution in [2.75, 3.05) is 25.6 Å². The van der Waals surface area contributed by atoms with E-state index in [1.165, 1.54) is 0 Å². The van der Waals surface area contributed by atoms with E-state index in [0.717, 1.165) is 6.42 Å². The third-order valence-electron chi connectivity index (χ3n) is 2.13. The number of hydrogen-bond donors (Lipinski definition) is 2. The SMILES string of the molecule is CCCOCCOc1c(N)cccc1C(N)=O. The van der Waals surface area contributed by atoms with Crippen molar-refractivity contribution in [3.05, 3.63) is 23.8 Å². The molecule has 0 aromatic heterocycles. The van der Waals surface area contributed by atoms with Gasteiger partial charge in [-0.05, 0) is 18.6 Å². The molecule has 17 heavy (non-hydrogen) atoms. The van der Waals surface area contributed by atoms with Crippen LogP contribution in [-0.4, -0.2) is 25.7 Å². The van der Waals surface area contributed by atoms with Crippen LogP contribution in [0, 0.1) is 0 Å². The number of benzene rings is 1. The molecule has 0 unspecified atom stereocenters. The third-order valence-corrected chi connectivity index (χ3v) is 2.13. The van der Waals surface area contributed by atoms with E-state index in [-0.39, 0.29) is 0 Å². The molecule has 1 aromatic rings. The highest BCUT2D eigenvalue weighted by molar-refractivity contribution is 5.97. The van der Waals surface area contributed by atoms with Crippen LogP contribution in [0.25, 0.3) is 0 Å². The maximum absolute atomic E-state index is 11.2. The van der Waals surface area contributed by atoms with Crippen LogP contribution in [0.15, 0.2) is 18.2 Å².